The van der Waals surface area contributed by atoms with E-state index in [1.165, 1.54) is 17.8 Å². The van der Waals surface area contributed by atoms with Crippen LogP contribution in [0, 0.1) is 0 Å². The largest absolute Gasteiger partial charge is 0.416 e. The molecule has 0 atom stereocenters. The van der Waals surface area contributed by atoms with Crippen molar-refractivity contribution < 1.29 is 13.2 Å². The number of thioether (sulfide) groups is 1. The Morgan fingerprint density at radius 3 is 2.65 bits per heavy atom. The predicted molar refractivity (Wildman–Crippen MR) is 69.9 cm³/mol. The van der Waals surface area contributed by atoms with Crippen molar-refractivity contribution in [3.05, 3.63) is 41.2 Å². The molecule has 0 radical (unpaired) electrons. The first-order valence-corrected chi connectivity index (χ1v) is 6.77. The highest BCUT2D eigenvalue weighted by molar-refractivity contribution is 7.98. The summed E-state index contributed by atoms with van der Waals surface area (Å²) in [5.41, 5.74) is 5.42. The van der Waals surface area contributed by atoms with Crippen LogP contribution in [0.15, 0.2) is 29.4 Å². The van der Waals surface area contributed by atoms with Crippen LogP contribution in [0.5, 0.6) is 0 Å². The summed E-state index contributed by atoms with van der Waals surface area (Å²) < 4.78 is 39.5. The van der Waals surface area contributed by atoms with Gasteiger partial charge in [-0.2, -0.15) is 13.2 Å². The predicted octanol–water partition coefficient (Wildman–Crippen LogP) is 2.58. The lowest BCUT2D eigenvalue weighted by Crippen LogP contribution is -2.05. The van der Waals surface area contributed by atoms with Gasteiger partial charge in [0.15, 0.2) is 5.16 Å². The SMILES string of the molecule is Cn1c(CN)nnc1SCc1cccc(C(F)(F)F)c1. The van der Waals surface area contributed by atoms with Gasteiger partial charge in [-0.1, -0.05) is 30.0 Å². The van der Waals surface area contributed by atoms with Crippen molar-refractivity contribution in [2.24, 2.45) is 12.8 Å². The molecule has 8 heteroatoms. The Labute approximate surface area is 118 Å². The molecule has 4 nitrogen and oxygen atoms in total. The van der Waals surface area contributed by atoms with Crippen molar-refractivity contribution in [1.29, 1.82) is 0 Å². The van der Waals surface area contributed by atoms with Crippen molar-refractivity contribution in [2.75, 3.05) is 0 Å². The van der Waals surface area contributed by atoms with Crippen LogP contribution in [0.1, 0.15) is 17.0 Å². The first kappa shape index (κ1) is 14.9. The molecule has 1 aromatic carbocycles. The summed E-state index contributed by atoms with van der Waals surface area (Å²) in [5, 5.41) is 8.46. The van der Waals surface area contributed by atoms with E-state index in [2.05, 4.69) is 10.2 Å². The van der Waals surface area contributed by atoms with E-state index in [1.807, 2.05) is 0 Å². The second-order valence-electron chi connectivity index (χ2n) is 4.15. The lowest BCUT2D eigenvalue weighted by atomic mass is 10.1. The van der Waals surface area contributed by atoms with Crippen molar-refractivity contribution in [3.8, 4) is 0 Å². The van der Waals surface area contributed by atoms with E-state index < -0.39 is 11.7 Å². The molecular formula is C12H13F3N4S. The molecule has 108 valence electrons. The maximum Gasteiger partial charge on any atom is 0.416 e. The summed E-state index contributed by atoms with van der Waals surface area (Å²) in [5.74, 6) is 1.03. The average Bonchev–Trinajstić information content (AvgIpc) is 2.76. The Morgan fingerprint density at radius 1 is 1.30 bits per heavy atom. The standard InChI is InChI=1S/C12H13F3N4S/c1-19-10(6-16)17-18-11(19)20-7-8-3-2-4-9(5-8)12(13,14)15/h2-5H,6-7,16H2,1H3. The fourth-order valence-electron chi connectivity index (χ4n) is 1.63. The lowest BCUT2D eigenvalue weighted by molar-refractivity contribution is -0.137. The zero-order valence-electron chi connectivity index (χ0n) is 10.7. The molecule has 0 aliphatic rings. The number of hydrogen-bond acceptors (Lipinski definition) is 4. The number of halogens is 3. The number of nitrogens with two attached hydrogens (primary N) is 1. The number of aromatic nitrogens is 3. The van der Waals surface area contributed by atoms with Crippen LogP contribution in [-0.4, -0.2) is 14.8 Å². The summed E-state index contributed by atoms with van der Waals surface area (Å²) in [6, 6.07) is 5.26. The maximum absolute atomic E-state index is 12.6. The van der Waals surface area contributed by atoms with Crippen molar-refractivity contribution in [3.63, 3.8) is 0 Å². The third-order valence-electron chi connectivity index (χ3n) is 2.73. The number of benzene rings is 1. The van der Waals surface area contributed by atoms with E-state index in [0.717, 1.165) is 12.1 Å². The summed E-state index contributed by atoms with van der Waals surface area (Å²) in [6.45, 7) is 0.271. The third-order valence-corrected chi connectivity index (χ3v) is 3.82. The van der Waals surface area contributed by atoms with E-state index in [0.29, 0.717) is 22.3 Å². The average molecular weight is 302 g/mol. The Morgan fingerprint density at radius 2 is 2.05 bits per heavy atom. The smallest absolute Gasteiger partial charge is 0.324 e. The highest BCUT2D eigenvalue weighted by atomic mass is 32.2. The van der Waals surface area contributed by atoms with Gasteiger partial charge in [-0.05, 0) is 11.6 Å². The van der Waals surface area contributed by atoms with E-state index in [-0.39, 0.29) is 6.54 Å². The molecule has 0 unspecified atom stereocenters. The Hall–Kier alpha value is -1.54. The molecule has 2 rings (SSSR count). The fraction of sp³-hybridized carbons (Fsp3) is 0.333. The van der Waals surface area contributed by atoms with E-state index >= 15 is 0 Å². The zero-order valence-corrected chi connectivity index (χ0v) is 11.5. The molecule has 0 spiro atoms. The normalized spacial score (nSPS) is 11.8. The third kappa shape index (κ3) is 3.31. The summed E-state index contributed by atoms with van der Waals surface area (Å²) >= 11 is 1.32. The Kier molecular flexibility index (Phi) is 4.34. The van der Waals surface area contributed by atoms with Crippen LogP contribution < -0.4 is 5.73 Å². The molecule has 0 bridgehead atoms. The quantitative estimate of drug-likeness (QED) is 0.882. The molecule has 0 saturated carbocycles. The minimum absolute atomic E-state index is 0.271. The number of nitrogens with zero attached hydrogens (tertiary/aromatic N) is 3. The molecule has 20 heavy (non-hydrogen) atoms. The van der Waals surface area contributed by atoms with E-state index in [4.69, 9.17) is 5.73 Å². The van der Waals surface area contributed by atoms with Gasteiger partial charge in [0.05, 0.1) is 12.1 Å². The van der Waals surface area contributed by atoms with Crippen LogP contribution in [0.25, 0.3) is 0 Å². The van der Waals surface area contributed by atoms with Gasteiger partial charge in [0.1, 0.15) is 5.82 Å². The van der Waals surface area contributed by atoms with Crippen LogP contribution in [-0.2, 0) is 25.5 Å². The van der Waals surface area contributed by atoms with E-state index in [1.54, 1.807) is 17.7 Å². The molecular weight excluding hydrogens is 289 g/mol. The first-order chi connectivity index (χ1) is 9.41. The Bertz CT molecular complexity index is 595. The molecule has 0 fully saturated rings. The lowest BCUT2D eigenvalue weighted by Gasteiger charge is -2.08. The van der Waals surface area contributed by atoms with Crippen LogP contribution in [0.4, 0.5) is 13.2 Å². The van der Waals surface area contributed by atoms with Crippen molar-refractivity contribution in [1.82, 2.24) is 14.8 Å². The molecule has 0 aliphatic carbocycles. The number of rotatable bonds is 4. The molecule has 2 N–H and O–H groups in total. The van der Waals surface area contributed by atoms with Gasteiger partial charge >= 0.3 is 6.18 Å². The molecule has 0 aliphatic heterocycles. The topological polar surface area (TPSA) is 56.7 Å². The van der Waals surface area contributed by atoms with Crippen LogP contribution >= 0.6 is 11.8 Å². The van der Waals surface area contributed by atoms with Gasteiger partial charge in [0.25, 0.3) is 0 Å². The first-order valence-electron chi connectivity index (χ1n) is 5.79. The number of hydrogen-bond donors (Lipinski definition) is 1. The summed E-state index contributed by atoms with van der Waals surface area (Å²) in [6.07, 6.45) is -4.32. The van der Waals surface area contributed by atoms with Crippen LogP contribution in [0.2, 0.25) is 0 Å². The second kappa shape index (κ2) is 5.84. The van der Waals surface area contributed by atoms with Gasteiger partial charge in [-0.3, -0.25) is 0 Å². The van der Waals surface area contributed by atoms with Crippen LogP contribution in [0.3, 0.4) is 0 Å². The van der Waals surface area contributed by atoms with Gasteiger partial charge in [0.2, 0.25) is 0 Å². The zero-order chi connectivity index (χ0) is 14.8. The highest BCUT2D eigenvalue weighted by Gasteiger charge is 2.30. The van der Waals surface area contributed by atoms with Crippen molar-refractivity contribution in [2.45, 2.75) is 23.6 Å². The maximum atomic E-state index is 12.6. The summed E-state index contributed by atoms with van der Waals surface area (Å²) in [4.78, 5) is 0. The van der Waals surface area contributed by atoms with Gasteiger partial charge < -0.3 is 10.3 Å². The summed E-state index contributed by atoms with van der Waals surface area (Å²) in [7, 11) is 1.77. The second-order valence-corrected chi connectivity index (χ2v) is 5.09. The number of alkyl halides is 3. The van der Waals surface area contributed by atoms with E-state index in [9.17, 15) is 13.2 Å². The van der Waals surface area contributed by atoms with Gasteiger partial charge in [-0.25, -0.2) is 0 Å². The monoisotopic (exact) mass is 302 g/mol. The minimum Gasteiger partial charge on any atom is -0.324 e. The minimum atomic E-state index is -4.32. The molecule has 0 saturated heterocycles. The van der Waals surface area contributed by atoms with Gasteiger partial charge in [0, 0.05) is 12.8 Å². The molecule has 0 amide bonds. The molecule has 1 heterocycles. The molecule has 1 aromatic heterocycles. The van der Waals surface area contributed by atoms with Gasteiger partial charge in [-0.15, -0.1) is 10.2 Å². The van der Waals surface area contributed by atoms with Crippen molar-refractivity contribution >= 4 is 11.8 Å². The highest BCUT2D eigenvalue weighted by Crippen LogP contribution is 2.30. The fourth-order valence-corrected chi connectivity index (χ4v) is 2.51. The Balaban J connectivity index is 2.09. The molecule has 2 aromatic rings.